The monoisotopic (exact) mass is 431 g/mol. The fourth-order valence-corrected chi connectivity index (χ4v) is 3.54. The van der Waals surface area contributed by atoms with Gasteiger partial charge >= 0.3 is 0 Å². The lowest BCUT2D eigenvalue weighted by molar-refractivity contribution is 0.0955. The van der Waals surface area contributed by atoms with Gasteiger partial charge in [-0.25, -0.2) is 9.82 Å². The Kier molecular flexibility index (Phi) is 5.96. The Hall–Kier alpha value is -3.70. The zero-order valence-electron chi connectivity index (χ0n) is 16.7. The Morgan fingerprint density at radius 1 is 0.968 bits per heavy atom. The van der Waals surface area contributed by atoms with E-state index in [2.05, 4.69) is 39.4 Å². The lowest BCUT2D eigenvalue weighted by Gasteiger charge is -2.12. The van der Waals surface area contributed by atoms with Crippen LogP contribution in [-0.2, 0) is 0 Å². The van der Waals surface area contributed by atoms with Gasteiger partial charge in [-0.1, -0.05) is 48.0 Å². The highest BCUT2D eigenvalue weighted by Crippen LogP contribution is 2.26. The molecule has 1 amide bonds. The second-order valence-corrected chi connectivity index (χ2v) is 7.35. The summed E-state index contributed by atoms with van der Waals surface area (Å²) in [7, 11) is 0. The van der Waals surface area contributed by atoms with Crippen molar-refractivity contribution in [3.8, 4) is 16.9 Å². The zero-order valence-corrected chi connectivity index (χ0v) is 17.5. The van der Waals surface area contributed by atoms with Crippen molar-refractivity contribution in [1.82, 2.24) is 9.99 Å². The first-order valence-corrected chi connectivity index (χ1v) is 10.0. The topological polar surface area (TPSA) is 46.4 Å². The Balaban J connectivity index is 1.52. The number of nitrogens with one attached hydrogen (secondary N) is 1. The number of carbonyl (C=O) groups is 1. The van der Waals surface area contributed by atoms with Crippen LogP contribution in [0.3, 0.4) is 0 Å². The minimum Gasteiger partial charge on any atom is -0.314 e. The summed E-state index contributed by atoms with van der Waals surface area (Å²) in [5.41, 5.74) is 7.17. The molecule has 0 aliphatic heterocycles. The largest absolute Gasteiger partial charge is 0.314 e. The maximum absolute atomic E-state index is 13.8. The number of rotatable bonds is 5. The van der Waals surface area contributed by atoms with Gasteiger partial charge in [0.25, 0.3) is 5.91 Å². The molecule has 31 heavy (non-hydrogen) atoms. The van der Waals surface area contributed by atoms with Gasteiger partial charge in [0.05, 0.1) is 16.9 Å². The molecule has 154 valence electrons. The predicted molar refractivity (Wildman–Crippen MR) is 122 cm³/mol. The first-order chi connectivity index (χ1) is 15.0. The standard InChI is InChI=1S/C25H19ClFN3O/c1-17-10-15-24(18-6-3-2-4-7-18)30(17)20-13-11-19(12-14-20)25(31)29-28-16-21-22(26)8-5-9-23(21)27/h2-16H,1H3,(H,29,31)/b28-16+. The second kappa shape index (κ2) is 8.98. The van der Waals surface area contributed by atoms with Crippen LogP contribution in [0.5, 0.6) is 0 Å². The Morgan fingerprint density at radius 3 is 2.42 bits per heavy atom. The summed E-state index contributed by atoms with van der Waals surface area (Å²) >= 11 is 5.95. The number of halogens is 2. The van der Waals surface area contributed by atoms with Crippen LogP contribution in [0, 0.1) is 12.7 Å². The van der Waals surface area contributed by atoms with Crippen LogP contribution in [0.2, 0.25) is 5.02 Å². The average molecular weight is 432 g/mol. The molecule has 0 bridgehead atoms. The number of aryl methyl sites for hydroxylation is 1. The number of hydrogen-bond donors (Lipinski definition) is 1. The van der Waals surface area contributed by atoms with Crippen LogP contribution in [0.15, 0.2) is 90.0 Å². The molecule has 0 saturated carbocycles. The summed E-state index contributed by atoms with van der Waals surface area (Å²) in [6, 6.07) is 25.8. The number of carbonyl (C=O) groups excluding carboxylic acids is 1. The van der Waals surface area contributed by atoms with E-state index in [-0.39, 0.29) is 10.6 Å². The fourth-order valence-electron chi connectivity index (χ4n) is 3.33. The molecule has 0 unspecified atom stereocenters. The third-order valence-electron chi connectivity index (χ3n) is 4.89. The molecule has 3 aromatic carbocycles. The Labute approximate surface area is 184 Å². The lowest BCUT2D eigenvalue weighted by atomic mass is 10.1. The SMILES string of the molecule is Cc1ccc(-c2ccccc2)n1-c1ccc(C(=O)N/N=C/c2c(F)cccc2Cl)cc1. The normalized spacial score (nSPS) is 11.1. The highest BCUT2D eigenvalue weighted by molar-refractivity contribution is 6.33. The highest BCUT2D eigenvalue weighted by Gasteiger charge is 2.11. The summed E-state index contributed by atoms with van der Waals surface area (Å²) in [5.74, 6) is -0.908. The molecule has 4 nitrogen and oxygen atoms in total. The molecule has 0 aliphatic carbocycles. The zero-order chi connectivity index (χ0) is 21.8. The number of benzene rings is 3. The first kappa shape index (κ1) is 20.6. The summed E-state index contributed by atoms with van der Waals surface area (Å²) in [4.78, 5) is 12.4. The average Bonchev–Trinajstić information content (AvgIpc) is 3.18. The van der Waals surface area contributed by atoms with E-state index in [4.69, 9.17) is 11.6 Å². The molecule has 4 rings (SSSR count). The maximum Gasteiger partial charge on any atom is 0.271 e. The van der Waals surface area contributed by atoms with Crippen LogP contribution in [0.25, 0.3) is 16.9 Å². The molecule has 1 heterocycles. The van der Waals surface area contributed by atoms with Crippen molar-refractivity contribution in [1.29, 1.82) is 0 Å². The molecule has 1 aromatic heterocycles. The molecule has 0 fully saturated rings. The van der Waals surface area contributed by atoms with E-state index in [0.29, 0.717) is 5.56 Å². The predicted octanol–water partition coefficient (Wildman–Crippen LogP) is 6.01. The molecule has 0 radical (unpaired) electrons. The third kappa shape index (κ3) is 4.42. The molecule has 0 spiro atoms. The van der Waals surface area contributed by atoms with Gasteiger partial charge in [0.2, 0.25) is 0 Å². The van der Waals surface area contributed by atoms with E-state index < -0.39 is 11.7 Å². The summed E-state index contributed by atoms with van der Waals surface area (Å²) in [6.45, 7) is 2.04. The van der Waals surface area contributed by atoms with Crippen molar-refractivity contribution in [2.24, 2.45) is 5.10 Å². The van der Waals surface area contributed by atoms with Crippen molar-refractivity contribution >= 4 is 23.7 Å². The van der Waals surface area contributed by atoms with E-state index in [9.17, 15) is 9.18 Å². The van der Waals surface area contributed by atoms with E-state index in [1.165, 1.54) is 18.3 Å². The van der Waals surface area contributed by atoms with Gasteiger partial charge in [-0.3, -0.25) is 4.79 Å². The molecule has 0 aliphatic rings. The van der Waals surface area contributed by atoms with Crippen molar-refractivity contribution in [2.45, 2.75) is 6.92 Å². The van der Waals surface area contributed by atoms with Gasteiger partial charge in [0.15, 0.2) is 0 Å². The molecule has 4 aromatic rings. The molecular weight excluding hydrogens is 413 g/mol. The van der Waals surface area contributed by atoms with Crippen LogP contribution >= 0.6 is 11.6 Å². The third-order valence-corrected chi connectivity index (χ3v) is 5.22. The number of hydrazone groups is 1. The fraction of sp³-hybridized carbons (Fsp3) is 0.0400. The van der Waals surface area contributed by atoms with Gasteiger partial charge < -0.3 is 4.57 Å². The minimum absolute atomic E-state index is 0.122. The Bertz CT molecular complexity index is 1230. The van der Waals surface area contributed by atoms with Crippen molar-refractivity contribution in [3.05, 3.63) is 113 Å². The second-order valence-electron chi connectivity index (χ2n) is 6.94. The quantitative estimate of drug-likeness (QED) is 0.305. The first-order valence-electron chi connectivity index (χ1n) is 9.66. The smallest absolute Gasteiger partial charge is 0.271 e. The summed E-state index contributed by atoms with van der Waals surface area (Å²) in [5, 5.41) is 4.05. The van der Waals surface area contributed by atoms with Crippen molar-refractivity contribution in [3.63, 3.8) is 0 Å². The van der Waals surface area contributed by atoms with Gasteiger partial charge in [-0.2, -0.15) is 5.10 Å². The van der Waals surface area contributed by atoms with Crippen LogP contribution < -0.4 is 5.43 Å². The number of aromatic nitrogens is 1. The lowest BCUT2D eigenvalue weighted by Crippen LogP contribution is -2.17. The van der Waals surface area contributed by atoms with Gasteiger partial charge in [0, 0.05) is 22.5 Å². The van der Waals surface area contributed by atoms with Crippen LogP contribution in [-0.4, -0.2) is 16.7 Å². The Morgan fingerprint density at radius 2 is 1.71 bits per heavy atom. The van der Waals surface area contributed by atoms with E-state index in [1.807, 2.05) is 37.3 Å². The maximum atomic E-state index is 13.8. The molecule has 6 heteroatoms. The van der Waals surface area contributed by atoms with Gasteiger partial charge in [-0.15, -0.1) is 0 Å². The van der Waals surface area contributed by atoms with Crippen molar-refractivity contribution < 1.29 is 9.18 Å². The van der Waals surface area contributed by atoms with Gasteiger partial charge in [0.1, 0.15) is 5.82 Å². The van der Waals surface area contributed by atoms with E-state index in [0.717, 1.165) is 22.6 Å². The molecular formula is C25H19ClFN3O. The van der Waals surface area contributed by atoms with E-state index in [1.54, 1.807) is 18.2 Å². The summed E-state index contributed by atoms with van der Waals surface area (Å²) < 4.78 is 15.9. The highest BCUT2D eigenvalue weighted by atomic mass is 35.5. The van der Waals surface area contributed by atoms with Crippen LogP contribution in [0.1, 0.15) is 21.6 Å². The number of amides is 1. The minimum atomic E-state index is -0.508. The van der Waals surface area contributed by atoms with E-state index >= 15 is 0 Å². The van der Waals surface area contributed by atoms with Gasteiger partial charge in [-0.05, 0) is 61.0 Å². The molecule has 1 N–H and O–H groups in total. The molecule has 0 saturated heterocycles. The number of nitrogens with zero attached hydrogens (tertiary/aromatic N) is 2. The van der Waals surface area contributed by atoms with Crippen LogP contribution in [0.4, 0.5) is 4.39 Å². The molecule has 0 atom stereocenters. The van der Waals surface area contributed by atoms with Crippen molar-refractivity contribution in [2.75, 3.05) is 0 Å². The number of hydrogen-bond acceptors (Lipinski definition) is 2. The summed E-state index contributed by atoms with van der Waals surface area (Å²) in [6.07, 6.45) is 1.19.